The molecule has 5 aromatic rings. The fourth-order valence-electron chi connectivity index (χ4n) is 7.46. The zero-order valence-corrected chi connectivity index (χ0v) is 33.9. The Morgan fingerprint density at radius 3 is 2.00 bits per heavy atom. The minimum absolute atomic E-state index is 0.106. The van der Waals surface area contributed by atoms with E-state index in [-0.39, 0.29) is 35.7 Å². The van der Waals surface area contributed by atoms with Crippen molar-refractivity contribution in [3.63, 3.8) is 0 Å². The summed E-state index contributed by atoms with van der Waals surface area (Å²) in [4.78, 5) is 72.9. The lowest BCUT2D eigenvalue weighted by Gasteiger charge is -2.29. The molecule has 2 aliphatic heterocycles. The van der Waals surface area contributed by atoms with Crippen molar-refractivity contribution in [2.45, 2.75) is 77.5 Å². The van der Waals surface area contributed by atoms with Crippen LogP contribution in [0.1, 0.15) is 87.7 Å². The van der Waals surface area contributed by atoms with Crippen molar-refractivity contribution in [2.24, 2.45) is 11.8 Å². The first kappa shape index (κ1) is 38.9. The van der Waals surface area contributed by atoms with Gasteiger partial charge >= 0.3 is 12.2 Å². The number of rotatable bonds is 9. The van der Waals surface area contributed by atoms with Crippen LogP contribution < -0.4 is 10.6 Å². The van der Waals surface area contributed by atoms with Crippen LogP contribution in [0.2, 0.25) is 0 Å². The van der Waals surface area contributed by atoms with Crippen LogP contribution in [-0.4, -0.2) is 93.1 Å². The number of aromatic amines is 2. The van der Waals surface area contributed by atoms with Gasteiger partial charge in [0.05, 0.1) is 48.4 Å². The number of thiophene rings is 2. The van der Waals surface area contributed by atoms with Crippen LogP contribution in [0.3, 0.4) is 0 Å². The Hall–Kier alpha value is -5.40. The monoisotopic (exact) mass is 798 g/mol. The van der Waals surface area contributed by atoms with Gasteiger partial charge in [-0.2, -0.15) is 0 Å². The zero-order valence-electron chi connectivity index (χ0n) is 32.2. The maximum absolute atomic E-state index is 13.6. The molecule has 7 rings (SSSR count). The van der Waals surface area contributed by atoms with E-state index in [1.807, 2.05) is 38.7 Å². The third-order valence-electron chi connectivity index (χ3n) is 10.4. The van der Waals surface area contributed by atoms with Crippen LogP contribution in [-0.2, 0) is 19.1 Å². The van der Waals surface area contributed by atoms with E-state index in [1.54, 1.807) is 33.8 Å². The molecule has 14 nitrogen and oxygen atoms in total. The minimum atomic E-state index is -0.693. The Morgan fingerprint density at radius 2 is 1.41 bits per heavy atom. The second kappa shape index (κ2) is 16.4. The molecule has 0 saturated carbocycles. The van der Waals surface area contributed by atoms with E-state index in [0.717, 1.165) is 67.3 Å². The summed E-state index contributed by atoms with van der Waals surface area (Å²) in [6, 6.07) is 8.66. The first-order chi connectivity index (χ1) is 26.9. The van der Waals surface area contributed by atoms with Gasteiger partial charge in [-0.25, -0.2) is 19.6 Å². The van der Waals surface area contributed by atoms with Gasteiger partial charge < -0.3 is 39.9 Å². The molecule has 0 aliphatic carbocycles. The number of likely N-dealkylation sites (tertiary alicyclic amines) is 2. The van der Waals surface area contributed by atoms with E-state index in [9.17, 15) is 19.2 Å². The number of hydrogen-bond donors (Lipinski definition) is 4. The number of ether oxygens (including phenoxy) is 2. The molecule has 2 fully saturated rings. The Morgan fingerprint density at radius 1 is 0.804 bits per heavy atom. The fraction of sp³-hybridized carbons (Fsp3) is 0.450. The molecule has 1 aromatic carbocycles. The number of carbonyl (C=O) groups excluding carboxylic acids is 4. The van der Waals surface area contributed by atoms with Crippen molar-refractivity contribution in [2.75, 3.05) is 27.3 Å². The maximum Gasteiger partial charge on any atom is 0.407 e. The van der Waals surface area contributed by atoms with Gasteiger partial charge in [-0.05, 0) is 79.2 Å². The van der Waals surface area contributed by atoms with Crippen molar-refractivity contribution in [1.82, 2.24) is 40.4 Å². The highest BCUT2D eigenvalue weighted by molar-refractivity contribution is 7.29. The molecule has 294 valence electrons. The molecule has 2 aliphatic rings. The predicted octanol–water partition coefficient (Wildman–Crippen LogP) is 6.72. The highest BCUT2D eigenvalue weighted by Gasteiger charge is 2.39. The standard InChI is InChI=1S/C40H46N8O6S2/c1-21(2)33(45-39(51)53-5)37(49)47-15-7-9-28(47)35-41-20-24(42-35)12-13-25-18-31-32(55-25)19-30(56-31)23-11-14-26-27(17-23)44-36(43-26)29-10-8-16-48(29)38(50)34(22(3)4)46-40(52)54-6/h11,14,17-22,28-29,33-34H,7-10,15-16H2,1-6H3,(H,41,42)(H,43,44)(H,45,51)(H,46,52)/t28-,29?,33-,34+/m1/s1. The van der Waals surface area contributed by atoms with Crippen molar-refractivity contribution < 1.29 is 28.7 Å². The molecule has 0 bridgehead atoms. The summed E-state index contributed by atoms with van der Waals surface area (Å²) < 4.78 is 11.8. The van der Waals surface area contributed by atoms with Crippen LogP contribution in [0.5, 0.6) is 0 Å². The van der Waals surface area contributed by atoms with Crippen LogP contribution in [0.15, 0.2) is 36.5 Å². The predicted molar refractivity (Wildman–Crippen MR) is 215 cm³/mol. The summed E-state index contributed by atoms with van der Waals surface area (Å²) in [7, 11) is 2.58. The van der Waals surface area contributed by atoms with Crippen molar-refractivity contribution in [3.05, 3.63) is 58.7 Å². The summed E-state index contributed by atoms with van der Waals surface area (Å²) in [6.07, 6.45) is 3.69. The van der Waals surface area contributed by atoms with Gasteiger partial charge in [-0.1, -0.05) is 33.8 Å². The summed E-state index contributed by atoms with van der Waals surface area (Å²) in [5, 5.41) is 5.39. The first-order valence-corrected chi connectivity index (χ1v) is 20.5. The lowest BCUT2D eigenvalue weighted by molar-refractivity contribution is -0.136. The molecule has 2 saturated heterocycles. The smallest absolute Gasteiger partial charge is 0.407 e. The molecule has 4 atom stereocenters. The Labute approximate surface area is 332 Å². The second-order valence-corrected chi connectivity index (χ2v) is 17.0. The average Bonchev–Trinajstić information content (AvgIpc) is 4.03. The molecular weight excluding hydrogens is 753 g/mol. The highest BCUT2D eigenvalue weighted by atomic mass is 32.1. The lowest BCUT2D eigenvalue weighted by atomic mass is 10.0. The Balaban J connectivity index is 1.03. The second-order valence-electron chi connectivity index (χ2n) is 14.8. The number of hydrogen-bond acceptors (Lipinski definition) is 10. The number of amides is 4. The highest BCUT2D eigenvalue weighted by Crippen LogP contribution is 2.40. The third kappa shape index (κ3) is 7.96. The fourth-order valence-corrected chi connectivity index (χ4v) is 9.71. The van der Waals surface area contributed by atoms with E-state index in [4.69, 9.17) is 14.5 Å². The van der Waals surface area contributed by atoms with Gasteiger partial charge in [0.15, 0.2) is 0 Å². The Kier molecular flexibility index (Phi) is 11.4. The molecule has 0 radical (unpaired) electrons. The normalized spacial score (nSPS) is 18.0. The number of nitrogens with one attached hydrogen (secondary N) is 4. The van der Waals surface area contributed by atoms with Gasteiger partial charge in [0, 0.05) is 27.4 Å². The van der Waals surface area contributed by atoms with E-state index in [0.29, 0.717) is 24.6 Å². The van der Waals surface area contributed by atoms with Gasteiger partial charge in [-0.15, -0.1) is 22.7 Å². The number of aromatic nitrogens is 4. The quantitative estimate of drug-likeness (QED) is 0.119. The first-order valence-electron chi connectivity index (χ1n) is 18.8. The molecule has 4 N–H and O–H groups in total. The summed E-state index contributed by atoms with van der Waals surface area (Å²) in [6.45, 7) is 8.77. The van der Waals surface area contributed by atoms with Crippen LogP contribution >= 0.6 is 22.7 Å². The lowest BCUT2D eigenvalue weighted by Crippen LogP contribution is -2.51. The van der Waals surface area contributed by atoms with Crippen molar-refractivity contribution >= 4 is 67.1 Å². The number of benzene rings is 1. The SMILES string of the molecule is COC(=O)N[C@H](C(=O)N1CCCC1c1nc2ccc(-c3cc4sc(C#Cc5cnc([C@H]6CCCN6C(=O)[C@H](NC(=O)OC)C(C)C)[nH]5)cc4s3)cc2[nH]1)C(C)C. The van der Waals surface area contributed by atoms with Gasteiger partial charge in [0.25, 0.3) is 0 Å². The van der Waals surface area contributed by atoms with Crippen molar-refractivity contribution in [3.8, 4) is 22.3 Å². The number of nitrogens with zero attached hydrogens (tertiary/aromatic N) is 4. The molecule has 6 heterocycles. The number of H-pyrrole nitrogens is 2. The molecule has 4 amide bonds. The minimum Gasteiger partial charge on any atom is -0.453 e. The van der Waals surface area contributed by atoms with Gasteiger partial charge in [-0.3, -0.25) is 9.59 Å². The van der Waals surface area contributed by atoms with Crippen molar-refractivity contribution in [1.29, 1.82) is 0 Å². The topological polar surface area (TPSA) is 175 Å². The van der Waals surface area contributed by atoms with Crippen LogP contribution in [0.4, 0.5) is 9.59 Å². The van der Waals surface area contributed by atoms with E-state index in [2.05, 4.69) is 61.7 Å². The van der Waals surface area contributed by atoms with E-state index >= 15 is 0 Å². The number of alkyl carbamates (subject to hydrolysis) is 2. The average molecular weight is 799 g/mol. The largest absolute Gasteiger partial charge is 0.453 e. The number of carbonyl (C=O) groups is 4. The maximum atomic E-state index is 13.6. The molecule has 56 heavy (non-hydrogen) atoms. The molecule has 0 spiro atoms. The summed E-state index contributed by atoms with van der Waals surface area (Å²) in [5.74, 6) is 7.41. The van der Waals surface area contributed by atoms with Crippen LogP contribution in [0, 0.1) is 23.7 Å². The number of methoxy groups -OCH3 is 2. The molecule has 1 unspecified atom stereocenters. The Bertz CT molecular complexity index is 2300. The number of imidazole rings is 2. The van der Waals surface area contributed by atoms with E-state index < -0.39 is 24.3 Å². The zero-order chi connectivity index (χ0) is 39.7. The third-order valence-corrected chi connectivity index (χ3v) is 12.7. The van der Waals surface area contributed by atoms with E-state index in [1.165, 1.54) is 14.2 Å². The molecule has 4 aromatic heterocycles. The molecular formula is C40H46N8O6S2. The van der Waals surface area contributed by atoms with Gasteiger partial charge in [0.1, 0.15) is 29.4 Å². The summed E-state index contributed by atoms with van der Waals surface area (Å²) >= 11 is 3.33. The number of fused-ring (bicyclic) bond motifs is 2. The summed E-state index contributed by atoms with van der Waals surface area (Å²) in [5.41, 5.74) is 3.46. The van der Waals surface area contributed by atoms with Gasteiger partial charge in [0.2, 0.25) is 11.8 Å². The van der Waals surface area contributed by atoms with Crippen LogP contribution in [0.25, 0.3) is 30.9 Å². The molecule has 16 heteroatoms.